The molecular formula is C15H20N2O3. The van der Waals surface area contributed by atoms with Crippen molar-refractivity contribution in [2.24, 2.45) is 0 Å². The van der Waals surface area contributed by atoms with Crippen LogP contribution in [-0.2, 0) is 11.2 Å². The van der Waals surface area contributed by atoms with E-state index in [1.54, 1.807) is 0 Å². The Hall–Kier alpha value is -2.04. The zero-order chi connectivity index (χ0) is 14.5. The number of hydrogen-bond donors (Lipinski definition) is 2. The van der Waals surface area contributed by atoms with E-state index in [0.717, 1.165) is 30.6 Å². The van der Waals surface area contributed by atoms with Crippen molar-refractivity contribution in [3.63, 3.8) is 0 Å². The van der Waals surface area contributed by atoms with Gasteiger partial charge in [0.05, 0.1) is 0 Å². The Balaban J connectivity index is 1.90. The number of rotatable bonds is 4. The second-order valence-electron chi connectivity index (χ2n) is 5.21. The Morgan fingerprint density at radius 1 is 1.35 bits per heavy atom. The predicted molar refractivity (Wildman–Crippen MR) is 76.8 cm³/mol. The number of likely N-dealkylation sites (tertiary alicyclic amines) is 1. The van der Waals surface area contributed by atoms with Crippen molar-refractivity contribution < 1.29 is 14.7 Å². The van der Waals surface area contributed by atoms with Gasteiger partial charge in [0.1, 0.15) is 0 Å². The van der Waals surface area contributed by atoms with E-state index >= 15 is 0 Å². The lowest BCUT2D eigenvalue weighted by atomic mass is 10.1. The molecule has 1 aromatic rings. The molecule has 1 heterocycles. The number of carboxylic acids is 1. The Labute approximate surface area is 118 Å². The number of nitrogens with zero attached hydrogens (tertiary/aromatic N) is 1. The fourth-order valence-electron chi connectivity index (χ4n) is 2.44. The van der Waals surface area contributed by atoms with Crippen LogP contribution in [0.15, 0.2) is 24.3 Å². The molecule has 2 rings (SSSR count). The van der Waals surface area contributed by atoms with E-state index in [4.69, 9.17) is 5.11 Å². The number of hydrogen-bond acceptors (Lipinski definition) is 2. The molecular weight excluding hydrogens is 256 g/mol. The van der Waals surface area contributed by atoms with Crippen LogP contribution in [0.4, 0.5) is 10.5 Å². The molecule has 5 nitrogen and oxygen atoms in total. The van der Waals surface area contributed by atoms with Gasteiger partial charge in [-0.3, -0.25) is 4.79 Å². The summed E-state index contributed by atoms with van der Waals surface area (Å²) in [7, 11) is 0. The number of aliphatic carboxylic acids is 1. The molecule has 1 aliphatic heterocycles. The van der Waals surface area contributed by atoms with E-state index in [-0.39, 0.29) is 12.5 Å². The molecule has 5 heteroatoms. The van der Waals surface area contributed by atoms with Crippen LogP contribution in [0.5, 0.6) is 0 Å². The fourth-order valence-corrected chi connectivity index (χ4v) is 2.44. The average molecular weight is 276 g/mol. The van der Waals surface area contributed by atoms with Crippen LogP contribution in [0.1, 0.15) is 31.7 Å². The van der Waals surface area contributed by atoms with Gasteiger partial charge in [0.2, 0.25) is 0 Å². The molecule has 1 aromatic carbocycles. The van der Waals surface area contributed by atoms with Crippen LogP contribution < -0.4 is 5.32 Å². The first-order valence-electron chi connectivity index (χ1n) is 6.94. The first kappa shape index (κ1) is 14.4. The molecule has 0 saturated carbocycles. The molecule has 0 bridgehead atoms. The Bertz CT molecular complexity index is 484. The van der Waals surface area contributed by atoms with E-state index in [0.29, 0.717) is 12.5 Å². The lowest BCUT2D eigenvalue weighted by Crippen LogP contribution is -2.37. The lowest BCUT2D eigenvalue weighted by Gasteiger charge is -2.21. The quantitative estimate of drug-likeness (QED) is 0.888. The number of anilines is 1. The zero-order valence-electron chi connectivity index (χ0n) is 11.6. The number of aryl methyl sites for hydroxylation is 1. The summed E-state index contributed by atoms with van der Waals surface area (Å²) in [5, 5.41) is 11.5. The van der Waals surface area contributed by atoms with Crippen molar-refractivity contribution in [2.75, 3.05) is 11.9 Å². The molecule has 108 valence electrons. The maximum absolute atomic E-state index is 12.1. The number of nitrogens with one attached hydrogen (secondary N) is 1. The van der Waals surface area contributed by atoms with Crippen LogP contribution in [-0.4, -0.2) is 34.6 Å². The first-order chi connectivity index (χ1) is 9.56. The Morgan fingerprint density at radius 3 is 2.60 bits per heavy atom. The molecule has 1 fully saturated rings. The van der Waals surface area contributed by atoms with Crippen molar-refractivity contribution in [1.29, 1.82) is 0 Å². The molecule has 1 atom stereocenters. The molecule has 0 aliphatic carbocycles. The van der Waals surface area contributed by atoms with Crippen molar-refractivity contribution in [3.05, 3.63) is 29.8 Å². The molecule has 1 unspecified atom stereocenters. The van der Waals surface area contributed by atoms with Crippen LogP contribution in [0, 0.1) is 0 Å². The first-order valence-corrected chi connectivity index (χ1v) is 6.94. The highest BCUT2D eigenvalue weighted by molar-refractivity contribution is 5.89. The highest BCUT2D eigenvalue weighted by atomic mass is 16.4. The molecule has 1 saturated heterocycles. The van der Waals surface area contributed by atoms with Gasteiger partial charge in [0.25, 0.3) is 0 Å². The zero-order valence-corrected chi connectivity index (χ0v) is 11.6. The lowest BCUT2D eigenvalue weighted by molar-refractivity contribution is -0.136. The van der Waals surface area contributed by atoms with Gasteiger partial charge in [0.15, 0.2) is 0 Å². The summed E-state index contributed by atoms with van der Waals surface area (Å²) < 4.78 is 0. The number of amides is 2. The van der Waals surface area contributed by atoms with Crippen LogP contribution in [0.25, 0.3) is 0 Å². The molecule has 0 spiro atoms. The fraction of sp³-hybridized carbons (Fsp3) is 0.467. The average Bonchev–Trinajstić information content (AvgIpc) is 2.84. The van der Waals surface area contributed by atoms with Gasteiger partial charge in [-0.2, -0.15) is 0 Å². The monoisotopic (exact) mass is 276 g/mol. The Morgan fingerprint density at radius 2 is 2.05 bits per heavy atom. The van der Waals surface area contributed by atoms with Gasteiger partial charge in [-0.25, -0.2) is 4.79 Å². The normalized spacial score (nSPS) is 18.1. The third kappa shape index (κ3) is 3.73. The van der Waals surface area contributed by atoms with Gasteiger partial charge < -0.3 is 15.3 Å². The van der Waals surface area contributed by atoms with Gasteiger partial charge in [-0.1, -0.05) is 12.1 Å². The summed E-state index contributed by atoms with van der Waals surface area (Å²) in [6.45, 7) is 2.87. The van der Waals surface area contributed by atoms with Gasteiger partial charge in [0, 0.05) is 24.7 Å². The van der Waals surface area contributed by atoms with Gasteiger partial charge in [-0.05, 0) is 43.9 Å². The smallest absolute Gasteiger partial charge is 0.322 e. The van der Waals surface area contributed by atoms with Gasteiger partial charge >= 0.3 is 12.0 Å². The third-order valence-corrected chi connectivity index (χ3v) is 3.65. The van der Waals surface area contributed by atoms with Crippen molar-refractivity contribution >= 4 is 17.7 Å². The number of carbonyl (C=O) groups excluding carboxylic acids is 1. The standard InChI is InChI=1S/C15H20N2O3/c1-11-3-2-10-17(11)15(20)16-13-7-4-12(5-8-13)6-9-14(18)19/h4-5,7-8,11H,2-3,6,9-10H2,1H3,(H,16,20)(H,18,19). The minimum absolute atomic E-state index is 0.0618. The van der Waals surface area contributed by atoms with E-state index in [1.807, 2.05) is 29.2 Å². The van der Waals surface area contributed by atoms with Crippen molar-refractivity contribution in [1.82, 2.24) is 4.90 Å². The summed E-state index contributed by atoms with van der Waals surface area (Å²) in [5.74, 6) is -0.801. The third-order valence-electron chi connectivity index (χ3n) is 3.65. The number of carboxylic acid groups (broad SMARTS) is 1. The number of urea groups is 1. The molecule has 2 N–H and O–H groups in total. The van der Waals surface area contributed by atoms with E-state index < -0.39 is 5.97 Å². The molecule has 0 aromatic heterocycles. The van der Waals surface area contributed by atoms with E-state index in [9.17, 15) is 9.59 Å². The predicted octanol–water partition coefficient (Wildman–Crippen LogP) is 2.72. The second kappa shape index (κ2) is 6.41. The summed E-state index contributed by atoms with van der Waals surface area (Å²) in [6.07, 6.45) is 2.74. The van der Waals surface area contributed by atoms with Crippen LogP contribution in [0.2, 0.25) is 0 Å². The van der Waals surface area contributed by atoms with E-state index in [2.05, 4.69) is 12.2 Å². The summed E-state index contributed by atoms with van der Waals surface area (Å²) in [5.41, 5.74) is 1.70. The van der Waals surface area contributed by atoms with E-state index in [1.165, 1.54) is 0 Å². The largest absolute Gasteiger partial charge is 0.481 e. The van der Waals surface area contributed by atoms with Crippen LogP contribution >= 0.6 is 0 Å². The molecule has 1 aliphatic rings. The summed E-state index contributed by atoms with van der Waals surface area (Å²) in [6, 6.07) is 7.57. The number of benzene rings is 1. The highest BCUT2D eigenvalue weighted by Crippen LogP contribution is 2.18. The summed E-state index contributed by atoms with van der Waals surface area (Å²) >= 11 is 0. The SMILES string of the molecule is CC1CCCN1C(=O)Nc1ccc(CCC(=O)O)cc1. The van der Waals surface area contributed by atoms with Gasteiger partial charge in [-0.15, -0.1) is 0 Å². The van der Waals surface area contributed by atoms with Crippen LogP contribution in [0.3, 0.4) is 0 Å². The van der Waals surface area contributed by atoms with Crippen molar-refractivity contribution in [3.8, 4) is 0 Å². The molecule has 2 amide bonds. The maximum Gasteiger partial charge on any atom is 0.322 e. The highest BCUT2D eigenvalue weighted by Gasteiger charge is 2.24. The maximum atomic E-state index is 12.1. The summed E-state index contributed by atoms with van der Waals surface area (Å²) in [4.78, 5) is 24.4. The second-order valence-corrected chi connectivity index (χ2v) is 5.21. The molecule has 0 radical (unpaired) electrons. The topological polar surface area (TPSA) is 69.6 Å². The Kier molecular flexibility index (Phi) is 4.61. The minimum Gasteiger partial charge on any atom is -0.481 e. The minimum atomic E-state index is -0.801. The number of carbonyl (C=O) groups is 2. The molecule has 20 heavy (non-hydrogen) atoms. The van der Waals surface area contributed by atoms with Crippen molar-refractivity contribution in [2.45, 2.75) is 38.6 Å².